The van der Waals surface area contributed by atoms with Gasteiger partial charge in [0.15, 0.2) is 0 Å². The number of hydrogen-bond donors (Lipinski definition) is 1. The average Bonchev–Trinajstić information content (AvgIpc) is 2.89. The molecule has 1 unspecified atom stereocenters. The summed E-state index contributed by atoms with van der Waals surface area (Å²) >= 11 is 0. The van der Waals surface area contributed by atoms with Crippen molar-refractivity contribution in [2.75, 3.05) is 6.61 Å². The molecule has 216 valence electrons. The molecule has 0 aliphatic rings. The molecule has 4 heteroatoms. The molecule has 4 nitrogen and oxygen atoms in total. The molecule has 0 aromatic rings. The third-order valence-corrected chi connectivity index (χ3v) is 7.19. The van der Waals surface area contributed by atoms with Crippen LogP contribution >= 0.6 is 0 Å². The van der Waals surface area contributed by atoms with E-state index in [1.54, 1.807) is 0 Å². The molecular weight excluding hydrogens is 460 g/mol. The maximum absolute atomic E-state index is 11.6. The van der Waals surface area contributed by atoms with Crippen molar-refractivity contribution in [3.63, 3.8) is 0 Å². The quantitative estimate of drug-likeness (QED) is 0.0605. The van der Waals surface area contributed by atoms with Gasteiger partial charge in [-0.15, -0.1) is 0 Å². The minimum atomic E-state index is -0.902. The van der Waals surface area contributed by atoms with Crippen LogP contribution in [0.4, 0.5) is 0 Å². The molecule has 1 atom stereocenters. The van der Waals surface area contributed by atoms with Crippen molar-refractivity contribution in [3.8, 4) is 0 Å². The van der Waals surface area contributed by atoms with Gasteiger partial charge in [0.05, 0.1) is 12.3 Å². The predicted molar refractivity (Wildman–Crippen MR) is 158 cm³/mol. The first-order chi connectivity index (χ1) is 18.1. The van der Waals surface area contributed by atoms with Crippen molar-refractivity contribution in [2.45, 2.75) is 161 Å². The maximum atomic E-state index is 11.6. The van der Waals surface area contributed by atoms with E-state index < -0.39 is 17.9 Å². The molecule has 0 heterocycles. The number of carbonyl (C=O) groups is 2. The van der Waals surface area contributed by atoms with Gasteiger partial charge in [-0.2, -0.15) is 0 Å². The molecule has 0 fully saturated rings. The first-order valence-electron chi connectivity index (χ1n) is 15.8. The molecule has 0 saturated carbocycles. The van der Waals surface area contributed by atoms with Gasteiger partial charge in [0.2, 0.25) is 0 Å². The molecule has 0 aromatic heterocycles. The number of unbranched alkanes of at least 4 members (excludes halogenated alkanes) is 20. The van der Waals surface area contributed by atoms with E-state index in [0.717, 1.165) is 19.3 Å². The van der Waals surface area contributed by atoms with Crippen LogP contribution in [0.3, 0.4) is 0 Å². The molecule has 0 spiro atoms. The van der Waals surface area contributed by atoms with Crippen LogP contribution in [0.5, 0.6) is 0 Å². The van der Waals surface area contributed by atoms with E-state index in [9.17, 15) is 14.7 Å². The van der Waals surface area contributed by atoms with Crippen molar-refractivity contribution in [2.24, 2.45) is 5.92 Å². The fraction of sp³-hybridized carbons (Fsp3) is 0.818. The number of carbonyl (C=O) groups excluding carboxylic acids is 1. The summed E-state index contributed by atoms with van der Waals surface area (Å²) < 4.78 is 4.91. The van der Waals surface area contributed by atoms with Gasteiger partial charge in [-0.05, 0) is 32.1 Å². The molecule has 0 rings (SSSR count). The summed E-state index contributed by atoms with van der Waals surface area (Å²) in [6.07, 6.45) is 35.6. The average molecular weight is 521 g/mol. The van der Waals surface area contributed by atoms with Crippen molar-refractivity contribution >= 4 is 11.9 Å². The molecule has 0 bridgehead atoms. The zero-order chi connectivity index (χ0) is 27.2. The van der Waals surface area contributed by atoms with E-state index in [-0.39, 0.29) is 13.0 Å². The zero-order valence-corrected chi connectivity index (χ0v) is 24.4. The van der Waals surface area contributed by atoms with Gasteiger partial charge in [0.1, 0.15) is 6.61 Å². The molecule has 0 aromatic carbocycles. The fourth-order valence-electron chi connectivity index (χ4n) is 4.78. The second kappa shape index (κ2) is 29.0. The second-order valence-corrected chi connectivity index (χ2v) is 10.8. The fourth-order valence-corrected chi connectivity index (χ4v) is 4.78. The SMILES string of the molecule is C=CCOC(=O)CC(CCCCCCCCCCCCC/C=C/CCCCCCCCCCC)C(=O)O. The Morgan fingerprint density at radius 1 is 0.676 bits per heavy atom. The van der Waals surface area contributed by atoms with Crippen LogP contribution in [0.25, 0.3) is 0 Å². The normalized spacial score (nSPS) is 12.1. The Bertz CT molecular complexity index is 555. The highest BCUT2D eigenvalue weighted by atomic mass is 16.5. The van der Waals surface area contributed by atoms with Gasteiger partial charge in [0, 0.05) is 0 Å². The monoisotopic (exact) mass is 520 g/mol. The number of carboxylic acids is 1. The minimum absolute atomic E-state index is 0.0428. The Labute approximate surface area is 229 Å². The van der Waals surface area contributed by atoms with Crippen molar-refractivity contribution in [1.29, 1.82) is 0 Å². The third kappa shape index (κ3) is 27.3. The largest absolute Gasteiger partial charge is 0.481 e. The number of carboxylic acid groups (broad SMARTS) is 1. The highest BCUT2D eigenvalue weighted by Gasteiger charge is 2.21. The lowest BCUT2D eigenvalue weighted by Crippen LogP contribution is -2.19. The summed E-state index contributed by atoms with van der Waals surface area (Å²) in [5.41, 5.74) is 0. The molecule has 0 aliphatic heterocycles. The summed E-state index contributed by atoms with van der Waals surface area (Å²) in [5, 5.41) is 9.30. The summed E-state index contributed by atoms with van der Waals surface area (Å²) in [6, 6.07) is 0. The van der Waals surface area contributed by atoms with Crippen LogP contribution in [-0.4, -0.2) is 23.7 Å². The van der Waals surface area contributed by atoms with Gasteiger partial charge in [-0.3, -0.25) is 9.59 Å². The number of rotatable bonds is 29. The summed E-state index contributed by atoms with van der Waals surface area (Å²) in [4.78, 5) is 23.0. The second-order valence-electron chi connectivity index (χ2n) is 10.8. The van der Waals surface area contributed by atoms with Crippen LogP contribution < -0.4 is 0 Å². The van der Waals surface area contributed by atoms with E-state index in [2.05, 4.69) is 25.7 Å². The smallest absolute Gasteiger partial charge is 0.307 e. The van der Waals surface area contributed by atoms with E-state index in [1.165, 1.54) is 128 Å². The Morgan fingerprint density at radius 3 is 1.49 bits per heavy atom. The Kier molecular flexibility index (Phi) is 27.7. The molecular formula is C33H60O4. The van der Waals surface area contributed by atoms with Crippen LogP contribution in [-0.2, 0) is 14.3 Å². The molecule has 0 radical (unpaired) electrons. The van der Waals surface area contributed by atoms with Gasteiger partial charge in [-0.1, -0.05) is 147 Å². The van der Waals surface area contributed by atoms with Crippen molar-refractivity contribution in [3.05, 3.63) is 24.8 Å². The van der Waals surface area contributed by atoms with E-state index in [4.69, 9.17) is 4.74 Å². The van der Waals surface area contributed by atoms with Gasteiger partial charge in [-0.25, -0.2) is 0 Å². The lowest BCUT2D eigenvalue weighted by atomic mass is 9.97. The van der Waals surface area contributed by atoms with E-state index in [1.807, 2.05) is 0 Å². The van der Waals surface area contributed by atoms with Gasteiger partial charge < -0.3 is 9.84 Å². The minimum Gasteiger partial charge on any atom is -0.481 e. The summed E-state index contributed by atoms with van der Waals surface area (Å²) in [7, 11) is 0. The summed E-state index contributed by atoms with van der Waals surface area (Å²) in [5.74, 6) is -1.98. The zero-order valence-electron chi connectivity index (χ0n) is 24.4. The topological polar surface area (TPSA) is 63.6 Å². The van der Waals surface area contributed by atoms with Crippen LogP contribution in [0.15, 0.2) is 24.8 Å². The Balaban J connectivity index is 3.36. The van der Waals surface area contributed by atoms with Crippen LogP contribution in [0.2, 0.25) is 0 Å². The molecule has 0 saturated heterocycles. The van der Waals surface area contributed by atoms with Crippen LogP contribution in [0.1, 0.15) is 161 Å². The number of aliphatic carboxylic acids is 1. The summed E-state index contributed by atoms with van der Waals surface area (Å²) in [6.45, 7) is 5.91. The molecule has 37 heavy (non-hydrogen) atoms. The first-order valence-corrected chi connectivity index (χ1v) is 15.8. The highest BCUT2D eigenvalue weighted by molar-refractivity contribution is 5.78. The van der Waals surface area contributed by atoms with E-state index >= 15 is 0 Å². The number of hydrogen-bond acceptors (Lipinski definition) is 3. The maximum Gasteiger partial charge on any atom is 0.307 e. The Hall–Kier alpha value is -1.58. The number of ether oxygens (including phenoxy) is 1. The first kappa shape index (κ1) is 35.4. The molecule has 0 aliphatic carbocycles. The van der Waals surface area contributed by atoms with Gasteiger partial charge in [0.25, 0.3) is 0 Å². The highest BCUT2D eigenvalue weighted by Crippen LogP contribution is 2.17. The molecule has 0 amide bonds. The van der Waals surface area contributed by atoms with Crippen molar-refractivity contribution in [1.82, 2.24) is 0 Å². The van der Waals surface area contributed by atoms with Gasteiger partial charge >= 0.3 is 11.9 Å². The van der Waals surface area contributed by atoms with Crippen molar-refractivity contribution < 1.29 is 19.4 Å². The lowest BCUT2D eigenvalue weighted by molar-refractivity contribution is -0.151. The predicted octanol–water partition coefficient (Wildman–Crippen LogP) is 10.4. The lowest BCUT2D eigenvalue weighted by Gasteiger charge is -2.11. The number of allylic oxidation sites excluding steroid dienone is 2. The van der Waals surface area contributed by atoms with Crippen LogP contribution in [0, 0.1) is 5.92 Å². The Morgan fingerprint density at radius 2 is 1.08 bits per heavy atom. The molecule has 1 N–H and O–H groups in total. The standard InChI is InChI=1S/C33H60O4/c1-3-5-6-7-8-9-10-11-12-13-14-15-16-17-18-19-20-21-22-23-24-25-26-27-28-31(33(35)36)30-32(34)37-29-4-2/h4,14-15,31H,2-3,5-13,16-30H2,1H3,(H,35,36)/b15-14+. The number of esters is 1. The van der Waals surface area contributed by atoms with E-state index in [0.29, 0.717) is 6.42 Å². The third-order valence-electron chi connectivity index (χ3n) is 7.19.